The number of alkyl halides is 2. The molecule has 0 bridgehead atoms. The average Bonchev–Trinajstić information content (AvgIpc) is 3.03. The van der Waals surface area contributed by atoms with Crippen molar-refractivity contribution in [2.24, 2.45) is 0 Å². The van der Waals surface area contributed by atoms with Crippen LogP contribution in [0.1, 0.15) is 11.3 Å². The number of halogens is 4. The van der Waals surface area contributed by atoms with Crippen LogP contribution in [0.3, 0.4) is 0 Å². The van der Waals surface area contributed by atoms with Crippen LogP contribution in [-0.2, 0) is 18.1 Å². The molecule has 0 saturated heterocycles. The summed E-state index contributed by atoms with van der Waals surface area (Å²) in [5.41, 5.74) is -3.93. The van der Waals surface area contributed by atoms with E-state index in [9.17, 15) is 13.9 Å². The zero-order chi connectivity index (χ0) is 17.8. The molecule has 1 aliphatic heterocycles. The van der Waals surface area contributed by atoms with Crippen molar-refractivity contribution in [2.45, 2.75) is 18.1 Å². The van der Waals surface area contributed by atoms with E-state index in [2.05, 4.69) is 20.5 Å². The lowest BCUT2D eigenvalue weighted by Gasteiger charge is -2.39. The van der Waals surface area contributed by atoms with E-state index in [0.29, 0.717) is 6.20 Å². The van der Waals surface area contributed by atoms with Gasteiger partial charge in [0, 0.05) is 11.1 Å². The number of aliphatic hydroxyl groups is 1. The van der Waals surface area contributed by atoms with Gasteiger partial charge < -0.3 is 5.11 Å². The van der Waals surface area contributed by atoms with E-state index in [1.807, 2.05) is 0 Å². The van der Waals surface area contributed by atoms with Crippen LogP contribution in [0.15, 0.2) is 36.5 Å². The fourth-order valence-electron chi connectivity index (χ4n) is 2.91. The lowest BCUT2D eigenvalue weighted by molar-refractivity contribution is -0.207. The lowest BCUT2D eigenvalue weighted by Crippen LogP contribution is -2.49. The largest absolute Gasteiger partial charge is 0.377 e. The fraction of sp³-hybridized carbons (Fsp3) is 0.200. The van der Waals surface area contributed by atoms with Crippen LogP contribution in [0.25, 0.3) is 11.4 Å². The van der Waals surface area contributed by atoms with E-state index in [-0.39, 0.29) is 17.0 Å². The van der Waals surface area contributed by atoms with Gasteiger partial charge in [0.25, 0.3) is 0 Å². The predicted octanol–water partition coefficient (Wildman–Crippen LogP) is 2.01. The number of aromatic nitrogens is 5. The average molecular weight is 351 g/mol. The van der Waals surface area contributed by atoms with Gasteiger partial charge in [-0.05, 0) is 34.7 Å². The number of fused-ring (bicyclic) bond motifs is 3. The SMILES string of the molecule is OC1(C(F)(F)c2ccc(F)cn2)Cn2nnnc2-c2cc(F)ccc21. The van der Waals surface area contributed by atoms with Crippen molar-refractivity contribution in [1.29, 1.82) is 0 Å². The monoisotopic (exact) mass is 351 g/mol. The summed E-state index contributed by atoms with van der Waals surface area (Å²) in [6, 6.07) is 4.58. The highest BCUT2D eigenvalue weighted by molar-refractivity contribution is 5.64. The second kappa shape index (κ2) is 5.06. The molecule has 0 spiro atoms. The molecule has 1 N–H and O–H groups in total. The highest BCUT2D eigenvalue weighted by atomic mass is 19.3. The minimum atomic E-state index is -3.92. The van der Waals surface area contributed by atoms with Gasteiger partial charge in [-0.3, -0.25) is 4.98 Å². The smallest absolute Gasteiger partial charge is 0.323 e. The van der Waals surface area contributed by atoms with Crippen LogP contribution in [0.2, 0.25) is 0 Å². The maximum Gasteiger partial charge on any atom is 0.323 e. The minimum Gasteiger partial charge on any atom is -0.377 e. The van der Waals surface area contributed by atoms with Crippen LogP contribution >= 0.6 is 0 Å². The van der Waals surface area contributed by atoms with Crippen molar-refractivity contribution < 1.29 is 22.7 Å². The molecule has 1 aromatic carbocycles. The summed E-state index contributed by atoms with van der Waals surface area (Å²) >= 11 is 0. The van der Waals surface area contributed by atoms with Crippen LogP contribution in [-0.4, -0.2) is 30.3 Å². The molecule has 0 amide bonds. The quantitative estimate of drug-likeness (QED) is 0.715. The van der Waals surface area contributed by atoms with Crippen molar-refractivity contribution in [3.63, 3.8) is 0 Å². The van der Waals surface area contributed by atoms with Crippen molar-refractivity contribution in [3.05, 3.63) is 59.4 Å². The summed E-state index contributed by atoms with van der Waals surface area (Å²) in [7, 11) is 0. The number of tetrazole rings is 1. The summed E-state index contributed by atoms with van der Waals surface area (Å²) < 4.78 is 57.8. The second-order valence-corrected chi connectivity index (χ2v) is 5.65. The molecule has 10 heteroatoms. The van der Waals surface area contributed by atoms with Gasteiger partial charge in [0.05, 0.1) is 12.7 Å². The molecule has 1 atom stereocenters. The molecule has 25 heavy (non-hydrogen) atoms. The number of nitrogens with zero attached hydrogens (tertiary/aromatic N) is 5. The summed E-state index contributed by atoms with van der Waals surface area (Å²) in [5, 5.41) is 21.5. The van der Waals surface area contributed by atoms with Crippen molar-refractivity contribution >= 4 is 0 Å². The van der Waals surface area contributed by atoms with Gasteiger partial charge in [-0.1, -0.05) is 6.07 Å². The molecule has 1 aliphatic rings. The van der Waals surface area contributed by atoms with Gasteiger partial charge in [0.15, 0.2) is 11.4 Å². The maximum atomic E-state index is 15.1. The lowest BCUT2D eigenvalue weighted by atomic mass is 9.80. The molecule has 4 rings (SSSR count). The molecule has 1 unspecified atom stereocenters. The number of hydrogen-bond donors (Lipinski definition) is 1. The Kier molecular flexibility index (Phi) is 3.16. The molecule has 0 saturated carbocycles. The van der Waals surface area contributed by atoms with E-state index in [4.69, 9.17) is 0 Å². The van der Waals surface area contributed by atoms with Crippen LogP contribution in [0, 0.1) is 11.6 Å². The molecule has 3 aromatic rings. The Morgan fingerprint density at radius 1 is 1.12 bits per heavy atom. The Labute approximate surface area is 137 Å². The van der Waals surface area contributed by atoms with E-state index in [1.54, 1.807) is 0 Å². The third-order valence-electron chi connectivity index (χ3n) is 4.15. The zero-order valence-corrected chi connectivity index (χ0v) is 12.4. The first-order valence-corrected chi connectivity index (χ1v) is 7.12. The first kappa shape index (κ1) is 15.6. The first-order valence-electron chi connectivity index (χ1n) is 7.12. The molecule has 3 heterocycles. The Morgan fingerprint density at radius 3 is 2.60 bits per heavy atom. The summed E-state index contributed by atoms with van der Waals surface area (Å²) in [5.74, 6) is -5.35. The number of hydrogen-bond acceptors (Lipinski definition) is 5. The molecule has 2 aromatic heterocycles. The summed E-state index contributed by atoms with van der Waals surface area (Å²) in [4.78, 5) is 3.38. The van der Waals surface area contributed by atoms with Gasteiger partial charge in [-0.2, -0.15) is 8.78 Å². The second-order valence-electron chi connectivity index (χ2n) is 5.65. The van der Waals surface area contributed by atoms with Gasteiger partial charge in [-0.15, -0.1) is 5.10 Å². The standard InChI is InChI=1S/C15H9F4N5O/c16-8-1-3-11-10(5-8)13-21-22-23-24(13)7-14(11,25)15(18,19)12-4-2-9(17)6-20-12/h1-6,25H,7H2. The molecular formula is C15H9F4N5O. The summed E-state index contributed by atoms with van der Waals surface area (Å²) in [6.45, 7) is -0.681. The van der Waals surface area contributed by atoms with E-state index < -0.39 is 35.4 Å². The first-order chi connectivity index (χ1) is 11.8. The van der Waals surface area contributed by atoms with Gasteiger partial charge >= 0.3 is 5.92 Å². The molecular weight excluding hydrogens is 342 g/mol. The molecule has 0 fully saturated rings. The Hall–Kier alpha value is -2.88. The van der Waals surface area contributed by atoms with Gasteiger partial charge in [-0.25, -0.2) is 13.5 Å². The van der Waals surface area contributed by atoms with Crippen LogP contribution < -0.4 is 0 Å². The zero-order valence-electron chi connectivity index (χ0n) is 12.4. The predicted molar refractivity (Wildman–Crippen MR) is 75.2 cm³/mol. The Balaban J connectivity index is 1.94. The fourth-order valence-corrected chi connectivity index (χ4v) is 2.91. The topological polar surface area (TPSA) is 76.7 Å². The van der Waals surface area contributed by atoms with Crippen molar-refractivity contribution in [2.75, 3.05) is 0 Å². The molecule has 6 nitrogen and oxygen atoms in total. The molecule has 0 radical (unpaired) electrons. The number of rotatable bonds is 2. The third kappa shape index (κ3) is 2.14. The van der Waals surface area contributed by atoms with Crippen LogP contribution in [0.4, 0.5) is 17.6 Å². The van der Waals surface area contributed by atoms with Gasteiger partial charge in [0.1, 0.15) is 17.3 Å². The van der Waals surface area contributed by atoms with E-state index >= 15 is 8.78 Å². The molecule has 128 valence electrons. The summed E-state index contributed by atoms with van der Waals surface area (Å²) in [6.07, 6.45) is 0.628. The Morgan fingerprint density at radius 2 is 1.88 bits per heavy atom. The minimum absolute atomic E-state index is 0.0551. The highest BCUT2D eigenvalue weighted by Gasteiger charge is 2.59. The number of pyridine rings is 1. The van der Waals surface area contributed by atoms with Crippen molar-refractivity contribution in [3.8, 4) is 11.4 Å². The Bertz CT molecular complexity index is 959. The van der Waals surface area contributed by atoms with E-state index in [1.165, 1.54) is 0 Å². The maximum absolute atomic E-state index is 15.1. The third-order valence-corrected chi connectivity index (χ3v) is 4.15. The highest BCUT2D eigenvalue weighted by Crippen LogP contribution is 2.50. The van der Waals surface area contributed by atoms with Crippen molar-refractivity contribution in [1.82, 2.24) is 25.2 Å². The van der Waals surface area contributed by atoms with E-state index in [0.717, 1.165) is 35.0 Å². The number of benzene rings is 1. The molecule has 0 aliphatic carbocycles. The van der Waals surface area contributed by atoms with Crippen LogP contribution in [0.5, 0.6) is 0 Å². The van der Waals surface area contributed by atoms with Gasteiger partial charge in [0.2, 0.25) is 0 Å². The normalized spacial score (nSPS) is 19.4.